The van der Waals surface area contributed by atoms with Crippen LogP contribution in [0.15, 0.2) is 0 Å². The highest BCUT2D eigenvalue weighted by atomic mass is 16.6. The minimum Gasteiger partial charge on any atom is -0.444 e. The fraction of sp³-hybridized carbons (Fsp3) is 0.867. The average Bonchev–Trinajstić information content (AvgIpc) is 2.34. The van der Waals surface area contributed by atoms with Crippen molar-refractivity contribution in [3.8, 4) is 0 Å². The summed E-state index contributed by atoms with van der Waals surface area (Å²) in [6.07, 6.45) is 1.74. The Kier molecular flexibility index (Phi) is 6.46. The summed E-state index contributed by atoms with van der Waals surface area (Å²) >= 11 is 0. The lowest BCUT2D eigenvalue weighted by molar-refractivity contribution is -0.126. The quantitative estimate of drug-likeness (QED) is 0.729. The molecule has 0 aromatic rings. The van der Waals surface area contributed by atoms with Crippen LogP contribution in [0.1, 0.15) is 47.0 Å². The maximum absolute atomic E-state index is 12.0. The molecule has 1 saturated heterocycles. The second kappa shape index (κ2) is 7.62. The first-order chi connectivity index (χ1) is 9.33. The van der Waals surface area contributed by atoms with E-state index >= 15 is 0 Å². The van der Waals surface area contributed by atoms with Crippen LogP contribution in [0.4, 0.5) is 4.79 Å². The van der Waals surface area contributed by atoms with Gasteiger partial charge in [0.1, 0.15) is 11.4 Å². The van der Waals surface area contributed by atoms with Crippen LogP contribution in [0.5, 0.6) is 0 Å². The summed E-state index contributed by atoms with van der Waals surface area (Å²) < 4.78 is 10.6. The molecule has 0 aromatic carbocycles. The lowest BCUT2D eigenvalue weighted by atomic mass is 9.92. The Morgan fingerprint density at radius 2 is 2.10 bits per heavy atom. The fourth-order valence-electron chi connectivity index (χ4n) is 2.23. The molecule has 1 unspecified atom stereocenters. The molecule has 5 nitrogen and oxygen atoms in total. The first kappa shape index (κ1) is 17.0. The molecule has 20 heavy (non-hydrogen) atoms. The van der Waals surface area contributed by atoms with Gasteiger partial charge in [0.25, 0.3) is 0 Å². The molecule has 0 radical (unpaired) electrons. The molecule has 0 spiro atoms. The molecule has 1 fully saturated rings. The van der Waals surface area contributed by atoms with Crippen molar-refractivity contribution in [3.63, 3.8) is 0 Å². The van der Waals surface area contributed by atoms with Crippen molar-refractivity contribution in [1.82, 2.24) is 4.90 Å². The van der Waals surface area contributed by atoms with Crippen molar-refractivity contribution in [1.29, 1.82) is 0 Å². The Morgan fingerprint density at radius 1 is 1.40 bits per heavy atom. The number of rotatable bonds is 5. The third-order valence-electron chi connectivity index (χ3n) is 3.22. The average molecular weight is 285 g/mol. The van der Waals surface area contributed by atoms with Gasteiger partial charge in [0.15, 0.2) is 0 Å². The van der Waals surface area contributed by atoms with E-state index in [1.165, 1.54) is 0 Å². The highest BCUT2D eigenvalue weighted by molar-refractivity contribution is 5.84. The van der Waals surface area contributed by atoms with E-state index in [9.17, 15) is 9.59 Å². The molecule has 5 heteroatoms. The van der Waals surface area contributed by atoms with Gasteiger partial charge in [-0.05, 0) is 40.5 Å². The lowest BCUT2D eigenvalue weighted by Gasteiger charge is -2.33. The van der Waals surface area contributed by atoms with Gasteiger partial charge in [0, 0.05) is 38.6 Å². The van der Waals surface area contributed by atoms with Gasteiger partial charge in [-0.2, -0.15) is 0 Å². The Bertz CT molecular complexity index is 335. The molecule has 1 aliphatic rings. The molecular formula is C15H27NO4. The lowest BCUT2D eigenvalue weighted by Crippen LogP contribution is -2.46. The van der Waals surface area contributed by atoms with Gasteiger partial charge in [0.2, 0.25) is 0 Å². The number of likely N-dealkylation sites (tertiary alicyclic amines) is 1. The van der Waals surface area contributed by atoms with E-state index in [1.807, 2.05) is 27.7 Å². The van der Waals surface area contributed by atoms with Gasteiger partial charge in [-0.15, -0.1) is 0 Å². The van der Waals surface area contributed by atoms with Crippen LogP contribution >= 0.6 is 0 Å². The number of nitrogens with zero attached hydrogens (tertiary/aromatic N) is 1. The Morgan fingerprint density at radius 3 is 2.70 bits per heavy atom. The Labute approximate surface area is 121 Å². The van der Waals surface area contributed by atoms with Gasteiger partial charge in [-0.25, -0.2) is 4.79 Å². The minimum absolute atomic E-state index is 0.0725. The van der Waals surface area contributed by atoms with Crippen LogP contribution in [0.3, 0.4) is 0 Å². The molecule has 0 aliphatic carbocycles. The number of ketones is 1. The van der Waals surface area contributed by atoms with Crippen LogP contribution in [0, 0.1) is 5.92 Å². The molecule has 1 atom stereocenters. The summed E-state index contributed by atoms with van der Waals surface area (Å²) in [5.74, 6) is 0.179. The van der Waals surface area contributed by atoms with Crippen LogP contribution in [-0.2, 0) is 14.3 Å². The standard InChI is InChI=1S/C15H27NO4/c1-5-19-10-6-7-12-11-16(9-8-13(12)17)14(18)20-15(2,3)4/h12H,5-11H2,1-4H3. The third kappa shape index (κ3) is 5.90. The number of carbonyl (C=O) groups excluding carboxylic acids is 2. The summed E-state index contributed by atoms with van der Waals surface area (Å²) in [6, 6.07) is 0. The van der Waals surface area contributed by atoms with E-state index < -0.39 is 5.60 Å². The second-order valence-electron chi connectivity index (χ2n) is 6.18. The highest BCUT2D eigenvalue weighted by Crippen LogP contribution is 2.20. The molecule has 1 rings (SSSR count). The predicted octanol–water partition coefficient (Wildman–Crippen LogP) is 2.63. The van der Waals surface area contributed by atoms with Crippen LogP contribution in [-0.4, -0.2) is 48.7 Å². The van der Waals surface area contributed by atoms with Crippen molar-refractivity contribution in [2.75, 3.05) is 26.3 Å². The number of amides is 1. The third-order valence-corrected chi connectivity index (χ3v) is 3.22. The van der Waals surface area contributed by atoms with Gasteiger partial charge >= 0.3 is 6.09 Å². The van der Waals surface area contributed by atoms with E-state index in [1.54, 1.807) is 4.90 Å². The molecule has 0 N–H and O–H groups in total. The summed E-state index contributed by atoms with van der Waals surface area (Å²) in [4.78, 5) is 25.6. The molecule has 1 heterocycles. The van der Waals surface area contributed by atoms with Crippen molar-refractivity contribution < 1.29 is 19.1 Å². The number of Topliss-reactive ketones (excluding diaryl/α,β-unsaturated/α-hetero) is 1. The Hall–Kier alpha value is -1.10. The van der Waals surface area contributed by atoms with E-state index in [0.717, 1.165) is 12.8 Å². The number of carbonyl (C=O) groups is 2. The highest BCUT2D eigenvalue weighted by Gasteiger charge is 2.31. The van der Waals surface area contributed by atoms with E-state index in [0.29, 0.717) is 32.7 Å². The largest absolute Gasteiger partial charge is 0.444 e. The summed E-state index contributed by atoms with van der Waals surface area (Å²) in [7, 11) is 0. The number of ether oxygens (including phenoxy) is 2. The van der Waals surface area contributed by atoms with Crippen LogP contribution in [0.2, 0.25) is 0 Å². The zero-order valence-electron chi connectivity index (χ0n) is 13.1. The maximum Gasteiger partial charge on any atom is 0.410 e. The van der Waals surface area contributed by atoms with E-state index in [-0.39, 0.29) is 17.8 Å². The van der Waals surface area contributed by atoms with Crippen molar-refractivity contribution in [3.05, 3.63) is 0 Å². The fourth-order valence-corrected chi connectivity index (χ4v) is 2.23. The minimum atomic E-state index is -0.497. The topological polar surface area (TPSA) is 55.8 Å². The van der Waals surface area contributed by atoms with Gasteiger partial charge in [0.05, 0.1) is 0 Å². The molecule has 1 amide bonds. The molecular weight excluding hydrogens is 258 g/mol. The van der Waals surface area contributed by atoms with Gasteiger partial charge in [-0.1, -0.05) is 0 Å². The normalized spacial score (nSPS) is 20.1. The molecule has 1 aliphatic heterocycles. The first-order valence-electron chi connectivity index (χ1n) is 7.42. The molecule has 0 aromatic heterocycles. The monoisotopic (exact) mass is 285 g/mol. The summed E-state index contributed by atoms with van der Waals surface area (Å²) in [5.41, 5.74) is -0.497. The van der Waals surface area contributed by atoms with Crippen molar-refractivity contribution in [2.45, 2.75) is 52.6 Å². The van der Waals surface area contributed by atoms with Crippen molar-refractivity contribution in [2.24, 2.45) is 5.92 Å². The number of hydrogen-bond donors (Lipinski definition) is 0. The second-order valence-corrected chi connectivity index (χ2v) is 6.18. The zero-order chi connectivity index (χ0) is 15.2. The van der Waals surface area contributed by atoms with Crippen molar-refractivity contribution >= 4 is 11.9 Å². The maximum atomic E-state index is 12.0. The smallest absolute Gasteiger partial charge is 0.410 e. The summed E-state index contributed by atoms with van der Waals surface area (Å²) in [6.45, 7) is 9.81. The van der Waals surface area contributed by atoms with Crippen LogP contribution < -0.4 is 0 Å². The Balaban J connectivity index is 2.44. The first-order valence-corrected chi connectivity index (χ1v) is 7.42. The predicted molar refractivity (Wildman–Crippen MR) is 76.6 cm³/mol. The van der Waals surface area contributed by atoms with E-state index in [4.69, 9.17) is 9.47 Å². The van der Waals surface area contributed by atoms with E-state index in [2.05, 4.69) is 0 Å². The number of hydrogen-bond acceptors (Lipinski definition) is 4. The molecule has 0 saturated carbocycles. The number of piperidine rings is 1. The molecule has 116 valence electrons. The molecule has 0 bridgehead atoms. The SMILES string of the molecule is CCOCCCC1CN(C(=O)OC(C)(C)C)CCC1=O. The zero-order valence-corrected chi connectivity index (χ0v) is 13.1. The van der Waals surface area contributed by atoms with Gasteiger partial charge < -0.3 is 14.4 Å². The van der Waals surface area contributed by atoms with Gasteiger partial charge in [-0.3, -0.25) is 4.79 Å². The van der Waals surface area contributed by atoms with Crippen LogP contribution in [0.25, 0.3) is 0 Å². The summed E-state index contributed by atoms with van der Waals surface area (Å²) in [5, 5.41) is 0.